The monoisotopic (exact) mass is 533 g/mol. The molecule has 1 fully saturated rings. The van der Waals surface area contributed by atoms with Gasteiger partial charge in [-0.25, -0.2) is 0 Å². The summed E-state index contributed by atoms with van der Waals surface area (Å²) in [5, 5.41) is 11.7. The first-order valence-electron chi connectivity index (χ1n) is 12.5. The molecule has 0 radical (unpaired) electrons. The molecule has 38 heavy (non-hydrogen) atoms. The number of methoxy groups -OCH3 is 1. The summed E-state index contributed by atoms with van der Waals surface area (Å²) in [6.07, 6.45) is 0.830. The van der Waals surface area contributed by atoms with Crippen molar-refractivity contribution in [1.82, 2.24) is 0 Å². The molecular formula is C31H32ClNO5. The average molecular weight is 534 g/mol. The first-order valence-corrected chi connectivity index (χ1v) is 12.9. The summed E-state index contributed by atoms with van der Waals surface area (Å²) in [5.41, 5.74) is 2.34. The molecule has 0 spiro atoms. The Balaban J connectivity index is 1.93. The van der Waals surface area contributed by atoms with Crippen molar-refractivity contribution in [3.63, 3.8) is 0 Å². The number of hydrogen-bond acceptors (Lipinski definition) is 5. The number of amides is 1. The third kappa shape index (κ3) is 5.27. The minimum atomic E-state index is -0.882. The van der Waals surface area contributed by atoms with Crippen LogP contribution in [0.25, 0.3) is 5.76 Å². The van der Waals surface area contributed by atoms with Gasteiger partial charge in [-0.1, -0.05) is 69.6 Å². The molecule has 1 aliphatic rings. The lowest BCUT2D eigenvalue weighted by Crippen LogP contribution is -2.29. The highest BCUT2D eigenvalue weighted by Crippen LogP contribution is 2.44. The number of halogens is 1. The van der Waals surface area contributed by atoms with Crippen molar-refractivity contribution >= 4 is 34.7 Å². The van der Waals surface area contributed by atoms with Crippen molar-refractivity contribution in [2.24, 2.45) is 0 Å². The van der Waals surface area contributed by atoms with E-state index in [4.69, 9.17) is 21.1 Å². The van der Waals surface area contributed by atoms with Crippen molar-refractivity contribution in [3.05, 3.63) is 94.0 Å². The molecule has 0 aliphatic carbocycles. The standard InChI is InChI=1S/C31H32ClNO5/c1-6-16-38-23-9-7-8-21(17-23)33-27(19-10-12-20(13-11-19)31(2,3)4)26(29(35)30(33)36)28(34)24-18-22(37-5)14-15-25(24)32/h7-15,17-18,27,34H,6,16H2,1-5H3/b28-26+. The van der Waals surface area contributed by atoms with Crippen molar-refractivity contribution in [1.29, 1.82) is 0 Å². The van der Waals surface area contributed by atoms with Crippen molar-refractivity contribution in [2.75, 3.05) is 18.6 Å². The molecular weight excluding hydrogens is 502 g/mol. The molecule has 1 saturated heterocycles. The van der Waals surface area contributed by atoms with Crippen LogP contribution in [0.2, 0.25) is 5.02 Å². The van der Waals surface area contributed by atoms with Gasteiger partial charge in [0.25, 0.3) is 11.7 Å². The van der Waals surface area contributed by atoms with Gasteiger partial charge in [0.2, 0.25) is 0 Å². The Bertz CT molecular complexity index is 1390. The predicted molar refractivity (Wildman–Crippen MR) is 150 cm³/mol. The van der Waals surface area contributed by atoms with Gasteiger partial charge in [0.05, 0.1) is 30.4 Å². The molecule has 3 aromatic carbocycles. The highest BCUT2D eigenvalue weighted by atomic mass is 35.5. The van der Waals surface area contributed by atoms with E-state index >= 15 is 0 Å². The Hall–Kier alpha value is -3.77. The zero-order valence-corrected chi connectivity index (χ0v) is 23.0. The van der Waals surface area contributed by atoms with Crippen LogP contribution in [0.1, 0.15) is 56.8 Å². The van der Waals surface area contributed by atoms with Gasteiger partial charge in [0.15, 0.2) is 0 Å². The lowest BCUT2D eigenvalue weighted by Gasteiger charge is -2.27. The van der Waals surface area contributed by atoms with E-state index in [0.29, 0.717) is 29.4 Å². The average Bonchev–Trinajstić information content (AvgIpc) is 3.17. The number of aliphatic hydroxyl groups excluding tert-OH is 1. The minimum absolute atomic E-state index is 0.0476. The maximum atomic E-state index is 13.5. The van der Waals surface area contributed by atoms with Crippen LogP contribution in [0.15, 0.2) is 72.3 Å². The van der Waals surface area contributed by atoms with Gasteiger partial charge in [0, 0.05) is 17.3 Å². The quantitative estimate of drug-likeness (QED) is 0.200. The second-order valence-corrected chi connectivity index (χ2v) is 10.6. The number of anilines is 1. The number of nitrogens with zero attached hydrogens (tertiary/aromatic N) is 1. The molecule has 1 aliphatic heterocycles. The van der Waals surface area contributed by atoms with Gasteiger partial charge in [0.1, 0.15) is 17.3 Å². The fraction of sp³-hybridized carbons (Fsp3) is 0.290. The molecule has 1 heterocycles. The largest absolute Gasteiger partial charge is 0.507 e. The molecule has 6 nitrogen and oxygen atoms in total. The Morgan fingerprint density at radius 3 is 2.34 bits per heavy atom. The zero-order chi connectivity index (χ0) is 27.6. The van der Waals surface area contributed by atoms with E-state index in [9.17, 15) is 14.7 Å². The fourth-order valence-corrected chi connectivity index (χ4v) is 4.69. The van der Waals surface area contributed by atoms with Gasteiger partial charge in [-0.15, -0.1) is 0 Å². The Morgan fingerprint density at radius 2 is 1.71 bits per heavy atom. The van der Waals surface area contributed by atoms with E-state index in [1.165, 1.54) is 12.0 Å². The number of Topliss-reactive ketones (excluding diaryl/α,β-unsaturated/α-hetero) is 1. The third-order valence-electron chi connectivity index (χ3n) is 6.53. The van der Waals surface area contributed by atoms with Gasteiger partial charge in [-0.2, -0.15) is 0 Å². The van der Waals surface area contributed by atoms with Crippen LogP contribution in [-0.2, 0) is 15.0 Å². The maximum Gasteiger partial charge on any atom is 0.300 e. The smallest absolute Gasteiger partial charge is 0.300 e. The Kier molecular flexibility index (Phi) is 7.83. The third-order valence-corrected chi connectivity index (χ3v) is 6.86. The normalized spacial score (nSPS) is 17.1. The van der Waals surface area contributed by atoms with Gasteiger partial charge >= 0.3 is 0 Å². The van der Waals surface area contributed by atoms with Crippen LogP contribution in [0.5, 0.6) is 11.5 Å². The number of aliphatic hydroxyl groups is 1. The van der Waals surface area contributed by atoms with Gasteiger partial charge < -0.3 is 14.6 Å². The first kappa shape index (κ1) is 27.3. The number of carbonyl (C=O) groups is 2. The van der Waals surface area contributed by atoms with Gasteiger partial charge in [-0.05, 0) is 53.3 Å². The SMILES string of the molecule is CCCOc1cccc(N2C(=O)C(=O)/C(=C(/O)c3cc(OC)ccc3Cl)C2c2ccc(C(C)(C)C)cc2)c1. The summed E-state index contributed by atoms with van der Waals surface area (Å²) < 4.78 is 11.1. The van der Waals surface area contributed by atoms with E-state index in [2.05, 4.69) is 20.8 Å². The second kappa shape index (κ2) is 10.9. The topological polar surface area (TPSA) is 76.1 Å². The molecule has 0 aromatic heterocycles. The molecule has 198 valence electrons. The summed E-state index contributed by atoms with van der Waals surface area (Å²) in [4.78, 5) is 28.5. The molecule has 1 N–H and O–H groups in total. The van der Waals surface area contributed by atoms with Crippen LogP contribution in [-0.4, -0.2) is 30.5 Å². The summed E-state index contributed by atoms with van der Waals surface area (Å²) in [6, 6.07) is 18.7. The predicted octanol–water partition coefficient (Wildman–Crippen LogP) is 7.06. The number of ketones is 1. The zero-order valence-electron chi connectivity index (χ0n) is 22.2. The van der Waals surface area contributed by atoms with E-state index < -0.39 is 17.7 Å². The van der Waals surface area contributed by atoms with E-state index in [0.717, 1.165) is 12.0 Å². The van der Waals surface area contributed by atoms with Crippen LogP contribution >= 0.6 is 11.6 Å². The second-order valence-electron chi connectivity index (χ2n) is 10.2. The summed E-state index contributed by atoms with van der Waals surface area (Å²) >= 11 is 6.42. The van der Waals surface area contributed by atoms with Crippen LogP contribution in [0.4, 0.5) is 5.69 Å². The minimum Gasteiger partial charge on any atom is -0.507 e. The molecule has 0 saturated carbocycles. The van der Waals surface area contributed by atoms with Crippen molar-refractivity contribution < 1.29 is 24.2 Å². The highest BCUT2D eigenvalue weighted by Gasteiger charge is 2.47. The van der Waals surface area contributed by atoms with Crippen molar-refractivity contribution in [3.8, 4) is 11.5 Å². The first-order chi connectivity index (χ1) is 18.1. The van der Waals surface area contributed by atoms with Crippen LogP contribution < -0.4 is 14.4 Å². The van der Waals surface area contributed by atoms with Crippen LogP contribution in [0.3, 0.4) is 0 Å². The summed E-state index contributed by atoms with van der Waals surface area (Å²) in [6.45, 7) is 8.86. The van der Waals surface area contributed by atoms with E-state index in [1.54, 1.807) is 42.5 Å². The number of ether oxygens (including phenoxy) is 2. The fourth-order valence-electron chi connectivity index (χ4n) is 4.48. The molecule has 3 aromatic rings. The molecule has 0 bridgehead atoms. The number of benzene rings is 3. The molecule has 1 amide bonds. The van der Waals surface area contributed by atoms with E-state index in [1.807, 2.05) is 31.2 Å². The Morgan fingerprint density at radius 1 is 1.00 bits per heavy atom. The summed E-state index contributed by atoms with van der Waals surface area (Å²) in [7, 11) is 1.50. The van der Waals surface area contributed by atoms with E-state index in [-0.39, 0.29) is 27.3 Å². The van der Waals surface area contributed by atoms with Crippen LogP contribution in [0, 0.1) is 0 Å². The maximum absolute atomic E-state index is 13.5. The molecule has 1 atom stereocenters. The highest BCUT2D eigenvalue weighted by molar-refractivity contribution is 6.52. The molecule has 1 unspecified atom stereocenters. The lowest BCUT2D eigenvalue weighted by molar-refractivity contribution is -0.132. The number of hydrogen-bond donors (Lipinski definition) is 1. The molecule has 7 heteroatoms. The molecule has 4 rings (SSSR count). The van der Waals surface area contributed by atoms with Crippen molar-refractivity contribution in [2.45, 2.75) is 45.6 Å². The Labute approximate surface area is 228 Å². The number of carbonyl (C=O) groups excluding carboxylic acids is 2. The lowest BCUT2D eigenvalue weighted by atomic mass is 9.85. The number of rotatable bonds is 7. The van der Waals surface area contributed by atoms with Gasteiger partial charge in [-0.3, -0.25) is 14.5 Å². The summed E-state index contributed by atoms with van der Waals surface area (Å²) in [5.74, 6) is -0.867.